The highest BCUT2D eigenvalue weighted by molar-refractivity contribution is 5.93. The molecule has 1 N–H and O–H groups in total. The molecule has 0 saturated heterocycles. The molecule has 3 heteroatoms. The maximum atomic E-state index is 12.6. The van der Waals surface area contributed by atoms with Crippen molar-refractivity contribution in [3.63, 3.8) is 0 Å². The van der Waals surface area contributed by atoms with Gasteiger partial charge >= 0.3 is 0 Å². The smallest absolute Gasteiger partial charge is 0.227 e. The Morgan fingerprint density at radius 3 is 2.81 bits per heavy atom. The van der Waals surface area contributed by atoms with Gasteiger partial charge in [-0.1, -0.05) is 33.3 Å². The zero-order valence-corrected chi connectivity index (χ0v) is 13.1. The van der Waals surface area contributed by atoms with Gasteiger partial charge in [-0.2, -0.15) is 5.26 Å². The Morgan fingerprint density at radius 1 is 1.38 bits per heavy atom. The number of rotatable bonds is 3. The number of amides is 1. The number of carbonyl (C=O) groups excluding carboxylic acids is 1. The van der Waals surface area contributed by atoms with Crippen LogP contribution in [0.4, 0.5) is 5.69 Å². The summed E-state index contributed by atoms with van der Waals surface area (Å²) in [5.41, 5.74) is 1.30. The summed E-state index contributed by atoms with van der Waals surface area (Å²) in [6, 6.07) is 9.22. The Balaban J connectivity index is 2.11. The van der Waals surface area contributed by atoms with Crippen LogP contribution in [0.15, 0.2) is 24.3 Å². The lowest BCUT2D eigenvalue weighted by Crippen LogP contribution is -2.36. The molecule has 0 heterocycles. The van der Waals surface area contributed by atoms with E-state index in [0.29, 0.717) is 23.3 Å². The molecule has 1 saturated carbocycles. The van der Waals surface area contributed by atoms with Crippen LogP contribution in [0.3, 0.4) is 0 Å². The molecule has 1 aromatic carbocycles. The van der Waals surface area contributed by atoms with Gasteiger partial charge in [-0.3, -0.25) is 4.79 Å². The van der Waals surface area contributed by atoms with Gasteiger partial charge in [0.2, 0.25) is 5.91 Å². The monoisotopic (exact) mass is 284 g/mol. The van der Waals surface area contributed by atoms with E-state index < -0.39 is 0 Å². The van der Waals surface area contributed by atoms with Crippen molar-refractivity contribution in [1.82, 2.24) is 0 Å². The molecule has 3 nitrogen and oxygen atoms in total. The standard InChI is InChI=1S/C18H24N2O/c1-12(2)16-8-7-13(3)9-17(16)18(21)20-15-6-4-5-14(10-15)11-19/h4-6,10,12-13,16-17H,7-9H2,1-3H3,(H,20,21)/t13-,16+,17?/m1/s1. The molecule has 0 bridgehead atoms. The van der Waals surface area contributed by atoms with E-state index in [-0.39, 0.29) is 11.8 Å². The minimum absolute atomic E-state index is 0.0829. The molecule has 0 spiro atoms. The van der Waals surface area contributed by atoms with Crippen LogP contribution in [0, 0.1) is 35.0 Å². The normalized spacial score (nSPS) is 25.4. The molecule has 0 radical (unpaired) electrons. The predicted octanol–water partition coefficient (Wildman–Crippen LogP) is 4.21. The van der Waals surface area contributed by atoms with E-state index in [4.69, 9.17) is 5.26 Å². The molecule has 112 valence electrons. The summed E-state index contributed by atoms with van der Waals surface area (Å²) in [7, 11) is 0. The first kappa shape index (κ1) is 15.6. The Bertz CT molecular complexity index is 544. The highest BCUT2D eigenvalue weighted by Crippen LogP contribution is 2.38. The van der Waals surface area contributed by atoms with Gasteiger partial charge in [-0.25, -0.2) is 0 Å². The van der Waals surface area contributed by atoms with E-state index in [1.54, 1.807) is 18.2 Å². The highest BCUT2D eigenvalue weighted by atomic mass is 16.1. The molecule has 0 aliphatic heterocycles. The summed E-state index contributed by atoms with van der Waals surface area (Å²) in [5, 5.41) is 11.9. The Hall–Kier alpha value is -1.82. The first-order valence-corrected chi connectivity index (χ1v) is 7.82. The number of nitriles is 1. The van der Waals surface area contributed by atoms with Crippen molar-refractivity contribution in [3.8, 4) is 6.07 Å². The van der Waals surface area contributed by atoms with Gasteiger partial charge in [0.1, 0.15) is 0 Å². The zero-order valence-electron chi connectivity index (χ0n) is 13.1. The van der Waals surface area contributed by atoms with Crippen molar-refractivity contribution in [1.29, 1.82) is 5.26 Å². The zero-order chi connectivity index (χ0) is 15.4. The molecular weight excluding hydrogens is 260 g/mol. The molecule has 3 atom stereocenters. The number of anilines is 1. The predicted molar refractivity (Wildman–Crippen MR) is 84.6 cm³/mol. The first-order chi connectivity index (χ1) is 10.0. The fourth-order valence-corrected chi connectivity index (χ4v) is 3.41. The van der Waals surface area contributed by atoms with Gasteiger partial charge in [-0.15, -0.1) is 0 Å². The molecule has 0 aromatic heterocycles. The van der Waals surface area contributed by atoms with Gasteiger partial charge in [0.25, 0.3) is 0 Å². The molecule has 2 rings (SSSR count). The van der Waals surface area contributed by atoms with Crippen LogP contribution in [-0.4, -0.2) is 5.91 Å². The second-order valence-electron chi connectivity index (χ2n) is 6.61. The maximum absolute atomic E-state index is 12.6. The molecular formula is C18H24N2O. The Morgan fingerprint density at radius 2 is 2.14 bits per heavy atom. The molecule has 1 aliphatic rings. The lowest BCUT2D eigenvalue weighted by molar-refractivity contribution is -0.123. The fraction of sp³-hybridized carbons (Fsp3) is 0.556. The van der Waals surface area contributed by atoms with E-state index in [9.17, 15) is 4.79 Å². The van der Waals surface area contributed by atoms with Crippen molar-refractivity contribution in [2.45, 2.75) is 40.0 Å². The minimum atomic E-state index is 0.0829. The third kappa shape index (κ3) is 3.85. The quantitative estimate of drug-likeness (QED) is 0.904. The first-order valence-electron chi connectivity index (χ1n) is 7.82. The van der Waals surface area contributed by atoms with E-state index in [2.05, 4.69) is 32.2 Å². The van der Waals surface area contributed by atoms with E-state index >= 15 is 0 Å². The average Bonchev–Trinajstić information content (AvgIpc) is 2.47. The van der Waals surface area contributed by atoms with Crippen LogP contribution in [0.5, 0.6) is 0 Å². The summed E-state index contributed by atoms with van der Waals surface area (Å²) in [5.74, 6) is 1.79. The molecule has 1 amide bonds. The van der Waals surface area contributed by atoms with Crippen LogP contribution in [0.2, 0.25) is 0 Å². The third-order valence-electron chi connectivity index (χ3n) is 4.62. The summed E-state index contributed by atoms with van der Waals surface area (Å²) < 4.78 is 0. The van der Waals surface area contributed by atoms with E-state index in [0.717, 1.165) is 18.5 Å². The largest absolute Gasteiger partial charge is 0.326 e. The number of hydrogen-bond acceptors (Lipinski definition) is 2. The van der Waals surface area contributed by atoms with Crippen molar-refractivity contribution in [3.05, 3.63) is 29.8 Å². The minimum Gasteiger partial charge on any atom is -0.326 e. The number of nitrogens with one attached hydrogen (secondary N) is 1. The fourth-order valence-electron chi connectivity index (χ4n) is 3.41. The third-order valence-corrected chi connectivity index (χ3v) is 4.62. The van der Waals surface area contributed by atoms with Crippen molar-refractivity contribution in [2.75, 3.05) is 5.32 Å². The summed E-state index contributed by atoms with van der Waals surface area (Å²) in [4.78, 5) is 12.6. The van der Waals surface area contributed by atoms with Gasteiger partial charge in [0.15, 0.2) is 0 Å². The van der Waals surface area contributed by atoms with E-state index in [1.165, 1.54) is 6.42 Å². The number of nitrogens with zero attached hydrogens (tertiary/aromatic N) is 1. The van der Waals surface area contributed by atoms with Crippen LogP contribution in [-0.2, 0) is 4.79 Å². The summed E-state index contributed by atoms with van der Waals surface area (Å²) in [6.07, 6.45) is 3.32. The van der Waals surface area contributed by atoms with Gasteiger partial charge in [-0.05, 0) is 48.8 Å². The second kappa shape index (κ2) is 6.76. The van der Waals surface area contributed by atoms with Crippen LogP contribution in [0.25, 0.3) is 0 Å². The Labute approximate surface area is 127 Å². The SMILES string of the molecule is CC(C)[C@@H]1CC[C@@H](C)CC1C(=O)Nc1cccc(C#N)c1. The number of hydrogen-bond donors (Lipinski definition) is 1. The molecule has 1 aliphatic carbocycles. The number of carbonyl (C=O) groups is 1. The summed E-state index contributed by atoms with van der Waals surface area (Å²) in [6.45, 7) is 6.64. The lowest BCUT2D eigenvalue weighted by Gasteiger charge is -2.36. The van der Waals surface area contributed by atoms with Crippen molar-refractivity contribution in [2.24, 2.45) is 23.7 Å². The van der Waals surface area contributed by atoms with Crippen LogP contribution in [0.1, 0.15) is 45.6 Å². The molecule has 1 unspecified atom stereocenters. The van der Waals surface area contributed by atoms with Gasteiger partial charge in [0.05, 0.1) is 11.6 Å². The highest BCUT2D eigenvalue weighted by Gasteiger charge is 2.35. The molecule has 1 fully saturated rings. The second-order valence-corrected chi connectivity index (χ2v) is 6.61. The van der Waals surface area contributed by atoms with E-state index in [1.807, 2.05) is 6.07 Å². The number of benzene rings is 1. The van der Waals surface area contributed by atoms with Crippen molar-refractivity contribution < 1.29 is 4.79 Å². The maximum Gasteiger partial charge on any atom is 0.227 e. The molecule has 21 heavy (non-hydrogen) atoms. The Kier molecular flexibility index (Phi) is 5.01. The van der Waals surface area contributed by atoms with Crippen molar-refractivity contribution >= 4 is 11.6 Å². The molecule has 1 aromatic rings. The topological polar surface area (TPSA) is 52.9 Å². The summed E-state index contributed by atoms with van der Waals surface area (Å²) >= 11 is 0. The lowest BCUT2D eigenvalue weighted by atomic mass is 9.70. The van der Waals surface area contributed by atoms with Gasteiger partial charge < -0.3 is 5.32 Å². The van der Waals surface area contributed by atoms with Crippen LogP contribution >= 0.6 is 0 Å². The van der Waals surface area contributed by atoms with Gasteiger partial charge in [0, 0.05) is 11.6 Å². The average molecular weight is 284 g/mol. The van der Waals surface area contributed by atoms with Crippen LogP contribution < -0.4 is 5.32 Å².